The van der Waals surface area contributed by atoms with Gasteiger partial charge in [-0.3, -0.25) is 4.79 Å². The summed E-state index contributed by atoms with van der Waals surface area (Å²) >= 11 is 12.1. The van der Waals surface area contributed by atoms with E-state index in [4.69, 9.17) is 33.7 Å². The van der Waals surface area contributed by atoms with Gasteiger partial charge >= 0.3 is 0 Å². The van der Waals surface area contributed by atoms with Gasteiger partial charge in [-0.15, -0.1) is 24.0 Å². The number of primary amides is 1. The number of nitrogens with two attached hydrogens (primary N) is 1. The summed E-state index contributed by atoms with van der Waals surface area (Å²) in [6, 6.07) is 13.0. The van der Waals surface area contributed by atoms with E-state index in [2.05, 4.69) is 15.6 Å². The molecule has 1 amide bonds. The largest absolute Gasteiger partial charge is 0.484 e. The standard InChI is InChI=1S/C21H26Cl2N4O2.HI/c1-2-25-21(26-10-4-6-16-8-9-17(22)12-19(16)23)27-13-15-5-3-7-18(11-15)29-14-20(24)28;/h3,5,7-9,11-12H,2,4,6,10,13-14H2,1H3,(H2,24,28)(H2,25,26,27);1H. The van der Waals surface area contributed by atoms with Crippen molar-refractivity contribution in [3.05, 3.63) is 63.6 Å². The van der Waals surface area contributed by atoms with Gasteiger partial charge in [0.05, 0.1) is 6.54 Å². The lowest BCUT2D eigenvalue weighted by Gasteiger charge is -2.12. The lowest BCUT2D eigenvalue weighted by atomic mass is 10.1. The van der Waals surface area contributed by atoms with Crippen LogP contribution in [0, 0.1) is 0 Å². The van der Waals surface area contributed by atoms with Crippen LogP contribution in [0.3, 0.4) is 0 Å². The second-order valence-corrected chi connectivity index (χ2v) is 7.21. The zero-order valence-corrected chi connectivity index (χ0v) is 20.6. The first-order chi connectivity index (χ1) is 14.0. The molecule has 30 heavy (non-hydrogen) atoms. The molecule has 2 aromatic carbocycles. The molecule has 9 heteroatoms. The Morgan fingerprint density at radius 2 is 1.97 bits per heavy atom. The van der Waals surface area contributed by atoms with Crippen molar-refractivity contribution in [1.29, 1.82) is 0 Å². The number of benzene rings is 2. The third-order valence-electron chi connectivity index (χ3n) is 3.97. The fourth-order valence-corrected chi connectivity index (χ4v) is 3.11. The number of nitrogens with one attached hydrogen (secondary N) is 2. The molecule has 0 atom stereocenters. The number of amides is 1. The second-order valence-electron chi connectivity index (χ2n) is 6.36. The summed E-state index contributed by atoms with van der Waals surface area (Å²) < 4.78 is 5.33. The van der Waals surface area contributed by atoms with Crippen LogP contribution >= 0.6 is 47.2 Å². The number of aliphatic imine (C=N–C) groups is 1. The molecule has 2 aromatic rings. The molecule has 0 aliphatic heterocycles. The first kappa shape index (κ1) is 26.3. The molecule has 0 spiro atoms. The van der Waals surface area contributed by atoms with E-state index >= 15 is 0 Å². The van der Waals surface area contributed by atoms with Crippen molar-refractivity contribution >= 4 is 59.0 Å². The SMILES string of the molecule is CCNC(=NCc1cccc(OCC(N)=O)c1)NCCCc1ccc(Cl)cc1Cl.I. The van der Waals surface area contributed by atoms with Crippen molar-refractivity contribution in [2.45, 2.75) is 26.3 Å². The van der Waals surface area contributed by atoms with Gasteiger partial charge in [0.25, 0.3) is 5.91 Å². The molecule has 0 fully saturated rings. The first-order valence-electron chi connectivity index (χ1n) is 9.44. The fraction of sp³-hybridized carbons (Fsp3) is 0.333. The summed E-state index contributed by atoms with van der Waals surface area (Å²) in [4.78, 5) is 15.4. The molecule has 0 saturated carbocycles. The van der Waals surface area contributed by atoms with Gasteiger partial charge in [0.1, 0.15) is 5.75 Å². The van der Waals surface area contributed by atoms with E-state index in [1.807, 2.05) is 37.3 Å². The van der Waals surface area contributed by atoms with Gasteiger partial charge in [-0.1, -0.05) is 41.4 Å². The van der Waals surface area contributed by atoms with Crippen LogP contribution in [-0.2, 0) is 17.8 Å². The number of guanidine groups is 1. The average molecular weight is 565 g/mol. The van der Waals surface area contributed by atoms with Crippen LogP contribution in [0.25, 0.3) is 0 Å². The Morgan fingerprint density at radius 3 is 2.67 bits per heavy atom. The molecule has 0 heterocycles. The highest BCUT2D eigenvalue weighted by Crippen LogP contribution is 2.21. The topological polar surface area (TPSA) is 88.7 Å². The summed E-state index contributed by atoms with van der Waals surface area (Å²) in [6.45, 7) is 3.87. The maximum Gasteiger partial charge on any atom is 0.255 e. The summed E-state index contributed by atoms with van der Waals surface area (Å²) in [7, 11) is 0. The predicted octanol–water partition coefficient (Wildman–Crippen LogP) is 4.16. The maximum atomic E-state index is 10.8. The number of halogens is 3. The lowest BCUT2D eigenvalue weighted by molar-refractivity contribution is -0.119. The minimum absolute atomic E-state index is 0. The third kappa shape index (κ3) is 9.86. The van der Waals surface area contributed by atoms with Crippen LogP contribution in [0.2, 0.25) is 10.0 Å². The van der Waals surface area contributed by atoms with Gasteiger partial charge < -0.3 is 21.1 Å². The molecule has 0 radical (unpaired) electrons. The number of ether oxygens (including phenoxy) is 1. The van der Waals surface area contributed by atoms with Gasteiger partial charge in [-0.05, 0) is 55.2 Å². The summed E-state index contributed by atoms with van der Waals surface area (Å²) in [5, 5.41) is 7.88. The molecule has 4 N–H and O–H groups in total. The van der Waals surface area contributed by atoms with E-state index in [9.17, 15) is 4.79 Å². The second kappa shape index (κ2) is 14.3. The highest BCUT2D eigenvalue weighted by atomic mass is 127. The van der Waals surface area contributed by atoms with E-state index in [1.165, 1.54) is 0 Å². The molecular formula is C21H27Cl2IN4O2. The number of hydrogen-bond donors (Lipinski definition) is 3. The smallest absolute Gasteiger partial charge is 0.255 e. The molecule has 164 valence electrons. The fourth-order valence-electron chi connectivity index (χ4n) is 2.61. The highest BCUT2D eigenvalue weighted by Gasteiger charge is 2.03. The van der Waals surface area contributed by atoms with Crippen LogP contribution in [0.15, 0.2) is 47.5 Å². The van der Waals surface area contributed by atoms with Gasteiger partial charge in [-0.2, -0.15) is 0 Å². The number of nitrogens with zero attached hydrogens (tertiary/aromatic N) is 1. The van der Waals surface area contributed by atoms with Gasteiger partial charge in [0, 0.05) is 23.1 Å². The van der Waals surface area contributed by atoms with Gasteiger partial charge in [-0.25, -0.2) is 4.99 Å². The van der Waals surface area contributed by atoms with Gasteiger partial charge in [0.15, 0.2) is 12.6 Å². The predicted molar refractivity (Wildman–Crippen MR) is 134 cm³/mol. The Bertz CT molecular complexity index is 850. The normalized spacial score (nSPS) is 10.8. The lowest BCUT2D eigenvalue weighted by Crippen LogP contribution is -2.37. The Labute approximate surface area is 204 Å². The van der Waals surface area contributed by atoms with E-state index in [0.717, 1.165) is 43.0 Å². The van der Waals surface area contributed by atoms with Gasteiger partial charge in [0.2, 0.25) is 0 Å². The van der Waals surface area contributed by atoms with Crippen LogP contribution in [0.1, 0.15) is 24.5 Å². The molecule has 0 unspecified atom stereocenters. The van der Waals surface area contributed by atoms with Crippen molar-refractivity contribution < 1.29 is 9.53 Å². The number of carbonyl (C=O) groups excluding carboxylic acids is 1. The minimum Gasteiger partial charge on any atom is -0.484 e. The molecule has 0 aliphatic rings. The van der Waals surface area contributed by atoms with Crippen LogP contribution in [0.5, 0.6) is 5.75 Å². The molecular weight excluding hydrogens is 538 g/mol. The first-order valence-corrected chi connectivity index (χ1v) is 10.2. The number of carbonyl (C=O) groups is 1. The quantitative estimate of drug-likeness (QED) is 0.175. The zero-order chi connectivity index (χ0) is 21.1. The van der Waals surface area contributed by atoms with Crippen molar-refractivity contribution in [2.75, 3.05) is 19.7 Å². The Hall–Kier alpha value is -1.71. The zero-order valence-electron chi connectivity index (χ0n) is 16.8. The molecule has 6 nitrogen and oxygen atoms in total. The van der Waals surface area contributed by atoms with E-state index < -0.39 is 5.91 Å². The Morgan fingerprint density at radius 1 is 1.17 bits per heavy atom. The molecule has 0 bridgehead atoms. The molecule has 2 rings (SSSR count). The Balaban J connectivity index is 0.00000450. The summed E-state index contributed by atoms with van der Waals surface area (Å²) in [6.07, 6.45) is 1.75. The summed E-state index contributed by atoms with van der Waals surface area (Å²) in [5.41, 5.74) is 7.15. The van der Waals surface area contributed by atoms with Crippen LogP contribution < -0.4 is 21.1 Å². The van der Waals surface area contributed by atoms with E-state index in [-0.39, 0.29) is 30.6 Å². The summed E-state index contributed by atoms with van der Waals surface area (Å²) in [5.74, 6) is 0.819. The van der Waals surface area contributed by atoms with Crippen molar-refractivity contribution in [1.82, 2.24) is 10.6 Å². The van der Waals surface area contributed by atoms with E-state index in [1.54, 1.807) is 12.1 Å². The minimum atomic E-state index is -0.507. The highest BCUT2D eigenvalue weighted by molar-refractivity contribution is 14.0. The molecule has 0 aliphatic carbocycles. The Kier molecular flexibility index (Phi) is 12.6. The number of aryl methyl sites for hydroxylation is 1. The van der Waals surface area contributed by atoms with Crippen LogP contribution in [0.4, 0.5) is 0 Å². The van der Waals surface area contributed by atoms with Crippen molar-refractivity contribution in [3.8, 4) is 5.75 Å². The number of rotatable bonds is 10. The number of hydrogen-bond acceptors (Lipinski definition) is 3. The van der Waals surface area contributed by atoms with Crippen molar-refractivity contribution in [2.24, 2.45) is 10.7 Å². The molecule has 0 aromatic heterocycles. The molecule has 0 saturated heterocycles. The van der Waals surface area contributed by atoms with Crippen LogP contribution in [-0.4, -0.2) is 31.6 Å². The maximum absolute atomic E-state index is 10.8. The van der Waals surface area contributed by atoms with E-state index in [0.29, 0.717) is 22.3 Å². The van der Waals surface area contributed by atoms with Crippen molar-refractivity contribution in [3.63, 3.8) is 0 Å². The third-order valence-corrected chi connectivity index (χ3v) is 4.56. The monoisotopic (exact) mass is 564 g/mol. The average Bonchev–Trinajstić information content (AvgIpc) is 2.69.